The van der Waals surface area contributed by atoms with E-state index in [9.17, 15) is 13.0 Å². The van der Waals surface area contributed by atoms with E-state index >= 15 is 0 Å². The lowest BCUT2D eigenvalue weighted by molar-refractivity contribution is 0.483. The highest BCUT2D eigenvalue weighted by Crippen LogP contribution is 2.30. The maximum Gasteiger partial charge on any atom is 0.283 e. The van der Waals surface area contributed by atoms with Crippen LogP contribution < -0.4 is 4.90 Å². The third-order valence-corrected chi connectivity index (χ3v) is 3.69. The third kappa shape index (κ3) is 3.37. The van der Waals surface area contributed by atoms with Gasteiger partial charge in [-0.3, -0.25) is 4.55 Å². The second kappa shape index (κ2) is 5.64. The zero-order valence-electron chi connectivity index (χ0n) is 11.4. The van der Waals surface area contributed by atoms with E-state index in [1.54, 1.807) is 4.90 Å². The van der Waals surface area contributed by atoms with Crippen LogP contribution in [-0.4, -0.2) is 18.8 Å². The minimum absolute atomic E-state index is 0.470. The molecule has 0 bridgehead atoms. The lowest BCUT2D eigenvalue weighted by atomic mass is 10.1. The van der Waals surface area contributed by atoms with Crippen LogP contribution in [0.2, 0.25) is 0 Å². The van der Waals surface area contributed by atoms with Gasteiger partial charge in [-0.05, 0) is 37.1 Å². The first-order chi connectivity index (χ1) is 9.38. The lowest BCUT2D eigenvalue weighted by Gasteiger charge is -2.26. The molecule has 0 unspecified atom stereocenters. The minimum Gasteiger partial charge on any atom is -0.324 e. The molecule has 20 heavy (non-hydrogen) atoms. The Bertz CT molecular complexity index is 665. The van der Waals surface area contributed by atoms with Crippen molar-refractivity contribution in [1.82, 2.24) is 0 Å². The van der Waals surface area contributed by atoms with Crippen molar-refractivity contribution in [3.05, 3.63) is 59.7 Å². The monoisotopic (exact) mass is 291 g/mol. The number of nitrogens with zero attached hydrogens (tertiary/aromatic N) is 1. The number of hydrogen-bond donors (Lipinski definition) is 1. The summed E-state index contributed by atoms with van der Waals surface area (Å²) in [7, 11) is -4.13. The lowest BCUT2D eigenvalue weighted by Crippen LogP contribution is -2.26. The van der Waals surface area contributed by atoms with Gasteiger partial charge in [0.2, 0.25) is 0 Å². The van der Waals surface area contributed by atoms with Crippen molar-refractivity contribution >= 4 is 21.5 Å². The van der Waals surface area contributed by atoms with E-state index in [2.05, 4.69) is 0 Å². The van der Waals surface area contributed by atoms with Crippen molar-refractivity contribution in [2.45, 2.75) is 13.8 Å². The smallest absolute Gasteiger partial charge is 0.283 e. The molecule has 0 saturated carbocycles. The average Bonchev–Trinajstić information content (AvgIpc) is 2.37. The van der Waals surface area contributed by atoms with E-state index in [4.69, 9.17) is 0 Å². The molecule has 2 aromatic rings. The van der Waals surface area contributed by atoms with Gasteiger partial charge in [0.15, 0.2) is 5.88 Å². The molecule has 0 amide bonds. The SMILES string of the molecule is Cc1ccccc1N(CS(=O)(=O)O)c1ccccc1C. The molecule has 2 aromatic carbocycles. The molecule has 0 aliphatic heterocycles. The van der Waals surface area contributed by atoms with Crippen molar-refractivity contribution in [1.29, 1.82) is 0 Å². The van der Waals surface area contributed by atoms with Gasteiger partial charge in [0, 0.05) is 11.4 Å². The molecular formula is C15H17NO3S. The van der Waals surface area contributed by atoms with Gasteiger partial charge in [-0.15, -0.1) is 0 Å². The van der Waals surface area contributed by atoms with Crippen LogP contribution >= 0.6 is 0 Å². The zero-order chi connectivity index (χ0) is 14.8. The minimum atomic E-state index is -4.13. The summed E-state index contributed by atoms with van der Waals surface area (Å²) in [5.74, 6) is -0.470. The highest BCUT2D eigenvalue weighted by molar-refractivity contribution is 7.85. The van der Waals surface area contributed by atoms with Gasteiger partial charge in [0.1, 0.15) is 0 Å². The number of para-hydroxylation sites is 2. The molecule has 0 heterocycles. The number of benzene rings is 2. The molecule has 0 fully saturated rings. The Morgan fingerprint density at radius 2 is 1.30 bits per heavy atom. The first-order valence-electron chi connectivity index (χ1n) is 6.22. The Balaban J connectivity index is 2.57. The van der Waals surface area contributed by atoms with E-state index in [0.29, 0.717) is 0 Å². The van der Waals surface area contributed by atoms with Gasteiger partial charge in [0.25, 0.3) is 10.1 Å². The summed E-state index contributed by atoms with van der Waals surface area (Å²) < 4.78 is 31.9. The van der Waals surface area contributed by atoms with Gasteiger partial charge in [-0.2, -0.15) is 8.42 Å². The molecule has 0 radical (unpaired) electrons. The van der Waals surface area contributed by atoms with Crippen molar-refractivity contribution < 1.29 is 13.0 Å². The fourth-order valence-electron chi connectivity index (χ4n) is 2.16. The van der Waals surface area contributed by atoms with Crippen molar-refractivity contribution in [3.8, 4) is 0 Å². The summed E-state index contributed by atoms with van der Waals surface area (Å²) in [6.45, 7) is 3.81. The second-order valence-electron chi connectivity index (χ2n) is 4.71. The molecular weight excluding hydrogens is 274 g/mol. The third-order valence-electron chi connectivity index (χ3n) is 3.10. The predicted molar refractivity (Wildman–Crippen MR) is 80.9 cm³/mol. The van der Waals surface area contributed by atoms with E-state index in [-0.39, 0.29) is 0 Å². The molecule has 0 spiro atoms. The molecule has 0 aromatic heterocycles. The molecule has 0 aliphatic carbocycles. The summed E-state index contributed by atoms with van der Waals surface area (Å²) in [6.07, 6.45) is 0. The standard InChI is InChI=1S/C15H17NO3S/c1-12-7-3-5-9-14(12)16(11-20(17,18)19)15-10-6-4-8-13(15)2/h3-10H,11H2,1-2H3,(H,17,18,19). The van der Waals surface area contributed by atoms with Crippen LogP contribution in [-0.2, 0) is 10.1 Å². The van der Waals surface area contributed by atoms with Crippen LogP contribution in [0.1, 0.15) is 11.1 Å². The van der Waals surface area contributed by atoms with E-state index in [1.807, 2.05) is 62.4 Å². The van der Waals surface area contributed by atoms with Crippen LogP contribution in [0.4, 0.5) is 11.4 Å². The maximum absolute atomic E-state index is 11.3. The number of aryl methyl sites for hydroxylation is 2. The Hall–Kier alpha value is -1.85. The molecule has 5 heteroatoms. The van der Waals surface area contributed by atoms with Gasteiger partial charge in [-0.25, -0.2) is 0 Å². The highest BCUT2D eigenvalue weighted by Gasteiger charge is 2.19. The molecule has 0 saturated heterocycles. The summed E-state index contributed by atoms with van der Waals surface area (Å²) in [5.41, 5.74) is 3.41. The zero-order valence-corrected chi connectivity index (χ0v) is 12.3. The van der Waals surface area contributed by atoms with Crippen molar-refractivity contribution in [3.63, 3.8) is 0 Å². The van der Waals surface area contributed by atoms with Crippen LogP contribution in [0.5, 0.6) is 0 Å². The Labute approximate surface area is 119 Å². The van der Waals surface area contributed by atoms with Crippen molar-refractivity contribution in [2.24, 2.45) is 0 Å². The quantitative estimate of drug-likeness (QED) is 0.878. The Morgan fingerprint density at radius 1 is 0.900 bits per heavy atom. The summed E-state index contributed by atoms with van der Waals surface area (Å²) in [5, 5.41) is 0. The second-order valence-corrected chi connectivity index (χ2v) is 6.13. The van der Waals surface area contributed by atoms with Crippen LogP contribution in [0.15, 0.2) is 48.5 Å². The summed E-state index contributed by atoms with van der Waals surface area (Å²) in [4.78, 5) is 1.61. The number of hydrogen-bond acceptors (Lipinski definition) is 3. The Kier molecular flexibility index (Phi) is 4.11. The first kappa shape index (κ1) is 14.6. The summed E-state index contributed by atoms with van der Waals surface area (Å²) in [6, 6.07) is 15.0. The van der Waals surface area contributed by atoms with Gasteiger partial charge in [-0.1, -0.05) is 36.4 Å². The average molecular weight is 291 g/mol. The van der Waals surface area contributed by atoms with Crippen LogP contribution in [0.25, 0.3) is 0 Å². The maximum atomic E-state index is 11.3. The Morgan fingerprint density at radius 3 is 1.65 bits per heavy atom. The number of anilines is 2. The van der Waals surface area contributed by atoms with Gasteiger partial charge < -0.3 is 4.90 Å². The molecule has 4 nitrogen and oxygen atoms in total. The largest absolute Gasteiger partial charge is 0.324 e. The molecule has 1 N–H and O–H groups in total. The van der Waals surface area contributed by atoms with E-state index in [1.165, 1.54) is 0 Å². The van der Waals surface area contributed by atoms with E-state index < -0.39 is 16.0 Å². The normalized spacial score (nSPS) is 11.3. The first-order valence-corrected chi connectivity index (χ1v) is 7.83. The van der Waals surface area contributed by atoms with E-state index in [0.717, 1.165) is 22.5 Å². The molecule has 0 atom stereocenters. The predicted octanol–water partition coefficient (Wildman–Crippen LogP) is 3.29. The molecule has 106 valence electrons. The number of rotatable bonds is 4. The van der Waals surface area contributed by atoms with Gasteiger partial charge in [0.05, 0.1) is 0 Å². The molecule has 2 rings (SSSR count). The molecule has 0 aliphatic rings. The fraction of sp³-hybridized carbons (Fsp3) is 0.200. The fourth-order valence-corrected chi connectivity index (χ4v) is 2.77. The summed E-state index contributed by atoms with van der Waals surface area (Å²) >= 11 is 0. The topological polar surface area (TPSA) is 57.6 Å². The van der Waals surface area contributed by atoms with Gasteiger partial charge >= 0.3 is 0 Å². The van der Waals surface area contributed by atoms with Crippen LogP contribution in [0.3, 0.4) is 0 Å². The highest BCUT2D eigenvalue weighted by atomic mass is 32.2. The van der Waals surface area contributed by atoms with Crippen LogP contribution in [0, 0.1) is 13.8 Å². The van der Waals surface area contributed by atoms with Crippen molar-refractivity contribution in [2.75, 3.05) is 10.8 Å².